The maximum Gasteiger partial charge on any atom is 0.261 e. The molecule has 136 valence electrons. The van der Waals surface area contributed by atoms with E-state index in [1.54, 1.807) is 11.3 Å². The highest BCUT2D eigenvalue weighted by atomic mass is 32.1. The third-order valence-corrected chi connectivity index (χ3v) is 6.30. The number of aryl methyl sites for hydroxylation is 3. The lowest BCUT2D eigenvalue weighted by atomic mass is 10.1. The molecule has 3 heterocycles. The van der Waals surface area contributed by atoms with Crippen LogP contribution in [0, 0.1) is 13.8 Å². The van der Waals surface area contributed by atoms with Gasteiger partial charge in [0.15, 0.2) is 0 Å². The molecule has 0 atom stereocenters. The topological polar surface area (TPSA) is 50.2 Å². The quantitative estimate of drug-likeness (QED) is 0.885. The summed E-state index contributed by atoms with van der Waals surface area (Å²) < 4.78 is 1.99. The smallest absolute Gasteiger partial charge is 0.261 e. The van der Waals surface area contributed by atoms with E-state index in [1.807, 2.05) is 11.6 Å². The number of carbonyl (C=O) groups excluding carboxylic acids is 1. The van der Waals surface area contributed by atoms with E-state index in [9.17, 15) is 4.79 Å². The van der Waals surface area contributed by atoms with Crippen molar-refractivity contribution >= 4 is 22.2 Å². The summed E-state index contributed by atoms with van der Waals surface area (Å²) >= 11 is 1.64. The van der Waals surface area contributed by atoms with Gasteiger partial charge in [0.25, 0.3) is 5.91 Å². The molecule has 25 heavy (non-hydrogen) atoms. The molecule has 0 bridgehead atoms. The Morgan fingerprint density at radius 1 is 1.28 bits per heavy atom. The molecule has 0 saturated carbocycles. The minimum absolute atomic E-state index is 0.0252. The van der Waals surface area contributed by atoms with E-state index in [2.05, 4.69) is 42.2 Å². The Hall–Kier alpha value is -1.82. The highest BCUT2D eigenvalue weighted by Crippen LogP contribution is 2.35. The summed E-state index contributed by atoms with van der Waals surface area (Å²) in [4.78, 5) is 15.9. The van der Waals surface area contributed by atoms with Gasteiger partial charge in [-0.1, -0.05) is 0 Å². The Morgan fingerprint density at radius 3 is 2.76 bits per heavy atom. The molecule has 6 heteroatoms. The van der Waals surface area contributed by atoms with E-state index in [1.165, 1.54) is 23.4 Å². The van der Waals surface area contributed by atoms with Crippen molar-refractivity contribution in [3.63, 3.8) is 0 Å². The minimum atomic E-state index is 0.0252. The first-order valence-electron chi connectivity index (χ1n) is 9.23. The van der Waals surface area contributed by atoms with Crippen LogP contribution in [0.15, 0.2) is 6.07 Å². The summed E-state index contributed by atoms with van der Waals surface area (Å²) in [6, 6.07) is 2.10. The lowest BCUT2D eigenvalue weighted by Crippen LogP contribution is -2.23. The van der Waals surface area contributed by atoms with Crippen molar-refractivity contribution in [2.24, 2.45) is 0 Å². The molecular weight excluding hydrogens is 332 g/mol. The predicted octanol–water partition coefficient (Wildman–Crippen LogP) is 3.67. The second-order valence-corrected chi connectivity index (χ2v) is 7.66. The number of thiophene rings is 1. The SMILES string of the molecule is CCN1CCCCc2cc(C(=O)NCc3c(C)nn(CC)c3C)sc21. The Kier molecular flexibility index (Phi) is 5.47. The summed E-state index contributed by atoms with van der Waals surface area (Å²) in [5.41, 5.74) is 4.60. The molecule has 1 amide bonds. The van der Waals surface area contributed by atoms with Gasteiger partial charge in [0, 0.05) is 37.4 Å². The number of carbonyl (C=O) groups is 1. The molecule has 2 aromatic heterocycles. The van der Waals surface area contributed by atoms with Crippen LogP contribution < -0.4 is 10.2 Å². The zero-order valence-corrected chi connectivity index (χ0v) is 16.5. The second-order valence-electron chi connectivity index (χ2n) is 6.63. The molecule has 1 aliphatic rings. The van der Waals surface area contributed by atoms with Gasteiger partial charge < -0.3 is 10.2 Å². The number of amides is 1. The summed E-state index contributed by atoms with van der Waals surface area (Å²) in [6.07, 6.45) is 3.52. The lowest BCUT2D eigenvalue weighted by molar-refractivity contribution is 0.0955. The highest BCUT2D eigenvalue weighted by Gasteiger charge is 2.21. The largest absolute Gasteiger partial charge is 0.363 e. The number of anilines is 1. The van der Waals surface area contributed by atoms with Crippen LogP contribution in [-0.2, 0) is 19.5 Å². The molecule has 0 fully saturated rings. The Balaban J connectivity index is 1.73. The third-order valence-electron chi connectivity index (χ3n) is 5.06. The molecule has 0 unspecified atom stereocenters. The maximum atomic E-state index is 12.7. The van der Waals surface area contributed by atoms with Crippen LogP contribution in [-0.4, -0.2) is 28.8 Å². The van der Waals surface area contributed by atoms with Gasteiger partial charge in [-0.05, 0) is 58.6 Å². The summed E-state index contributed by atoms with van der Waals surface area (Å²) in [6.45, 7) is 11.8. The number of hydrogen-bond donors (Lipinski definition) is 1. The van der Waals surface area contributed by atoms with Crippen LogP contribution in [0.5, 0.6) is 0 Å². The molecule has 3 rings (SSSR count). The Labute approximate surface area is 154 Å². The van der Waals surface area contributed by atoms with Crippen molar-refractivity contribution < 1.29 is 4.79 Å². The molecule has 0 spiro atoms. The number of nitrogens with one attached hydrogen (secondary N) is 1. The first kappa shape index (κ1) is 18.0. The van der Waals surface area contributed by atoms with Crippen LogP contribution in [0.3, 0.4) is 0 Å². The number of hydrogen-bond acceptors (Lipinski definition) is 4. The average molecular weight is 361 g/mol. The van der Waals surface area contributed by atoms with E-state index >= 15 is 0 Å². The monoisotopic (exact) mass is 360 g/mol. The van der Waals surface area contributed by atoms with Gasteiger partial charge in [-0.3, -0.25) is 9.48 Å². The van der Waals surface area contributed by atoms with E-state index in [4.69, 9.17) is 0 Å². The second kappa shape index (κ2) is 7.60. The zero-order chi connectivity index (χ0) is 18.0. The van der Waals surface area contributed by atoms with Gasteiger partial charge in [-0.15, -0.1) is 11.3 Å². The predicted molar refractivity (Wildman–Crippen MR) is 104 cm³/mol. The standard InChI is InChI=1S/C19H28N4OS/c1-5-22-10-8-7-9-15-11-17(25-19(15)22)18(24)20-12-16-13(3)21-23(6-2)14(16)4/h11H,5-10,12H2,1-4H3,(H,20,24). The Morgan fingerprint density at radius 2 is 2.08 bits per heavy atom. The fourth-order valence-corrected chi connectivity index (χ4v) is 4.77. The van der Waals surface area contributed by atoms with Crippen LogP contribution >= 0.6 is 11.3 Å². The Bertz CT molecular complexity index is 762. The van der Waals surface area contributed by atoms with Gasteiger partial charge in [0.05, 0.1) is 15.6 Å². The molecule has 0 saturated heterocycles. The molecule has 0 radical (unpaired) electrons. The molecule has 1 aliphatic heterocycles. The number of nitrogens with zero attached hydrogens (tertiary/aromatic N) is 3. The zero-order valence-electron chi connectivity index (χ0n) is 15.7. The van der Waals surface area contributed by atoms with Crippen molar-refractivity contribution in [1.29, 1.82) is 0 Å². The van der Waals surface area contributed by atoms with Crippen molar-refractivity contribution in [2.75, 3.05) is 18.0 Å². The summed E-state index contributed by atoms with van der Waals surface area (Å²) in [5.74, 6) is 0.0252. The number of fused-ring (bicyclic) bond motifs is 1. The summed E-state index contributed by atoms with van der Waals surface area (Å²) in [5, 5.41) is 8.90. The third kappa shape index (κ3) is 3.59. The maximum absolute atomic E-state index is 12.7. The van der Waals surface area contributed by atoms with E-state index in [0.717, 1.165) is 47.9 Å². The van der Waals surface area contributed by atoms with Gasteiger partial charge in [-0.2, -0.15) is 5.10 Å². The molecule has 0 aliphatic carbocycles. The molecule has 0 aromatic carbocycles. The van der Waals surface area contributed by atoms with Crippen LogP contribution in [0.1, 0.15) is 58.9 Å². The fourth-order valence-electron chi connectivity index (χ4n) is 3.55. The molecular formula is C19H28N4OS. The van der Waals surface area contributed by atoms with Crippen LogP contribution in [0.25, 0.3) is 0 Å². The molecule has 2 aromatic rings. The lowest BCUT2D eigenvalue weighted by Gasteiger charge is -2.19. The van der Waals surface area contributed by atoms with Gasteiger partial charge in [0.2, 0.25) is 0 Å². The minimum Gasteiger partial charge on any atom is -0.363 e. The van der Waals surface area contributed by atoms with E-state index < -0.39 is 0 Å². The first-order chi connectivity index (χ1) is 12.0. The van der Waals surface area contributed by atoms with Gasteiger partial charge in [0.1, 0.15) is 0 Å². The number of rotatable bonds is 5. The van der Waals surface area contributed by atoms with Gasteiger partial charge >= 0.3 is 0 Å². The highest BCUT2D eigenvalue weighted by molar-refractivity contribution is 7.18. The normalized spacial score (nSPS) is 14.3. The average Bonchev–Trinajstić information content (AvgIpc) is 3.08. The summed E-state index contributed by atoms with van der Waals surface area (Å²) in [7, 11) is 0. The molecule has 5 nitrogen and oxygen atoms in total. The van der Waals surface area contributed by atoms with Crippen molar-refractivity contribution in [3.8, 4) is 0 Å². The van der Waals surface area contributed by atoms with Crippen molar-refractivity contribution in [2.45, 2.75) is 60.0 Å². The van der Waals surface area contributed by atoms with E-state index in [-0.39, 0.29) is 5.91 Å². The molecule has 1 N–H and O–H groups in total. The van der Waals surface area contributed by atoms with Crippen molar-refractivity contribution in [1.82, 2.24) is 15.1 Å². The van der Waals surface area contributed by atoms with Crippen LogP contribution in [0.4, 0.5) is 5.00 Å². The van der Waals surface area contributed by atoms with Crippen molar-refractivity contribution in [3.05, 3.63) is 33.5 Å². The van der Waals surface area contributed by atoms with Crippen LogP contribution in [0.2, 0.25) is 0 Å². The number of aromatic nitrogens is 2. The fraction of sp³-hybridized carbons (Fsp3) is 0.579. The van der Waals surface area contributed by atoms with E-state index in [0.29, 0.717) is 6.54 Å². The first-order valence-corrected chi connectivity index (χ1v) is 10.1. The van der Waals surface area contributed by atoms with Gasteiger partial charge in [-0.25, -0.2) is 0 Å².